The average Bonchev–Trinajstić information content (AvgIpc) is 3.44. The van der Waals surface area contributed by atoms with E-state index >= 15 is 0 Å². The van der Waals surface area contributed by atoms with Gasteiger partial charge in [-0.05, 0) is 74.2 Å². The maximum atomic E-state index is 13.4. The van der Waals surface area contributed by atoms with Crippen LogP contribution in [0, 0.1) is 28.6 Å². The number of likely N-dealkylation sites (tertiary alicyclic amines) is 1. The fourth-order valence-electron chi connectivity index (χ4n) is 9.05. The van der Waals surface area contributed by atoms with E-state index in [-0.39, 0.29) is 42.9 Å². The monoisotopic (exact) mass is 559 g/mol. The molecular formula is C30H41NO9. The maximum absolute atomic E-state index is 13.4. The molecule has 0 aromatic heterocycles. The molecule has 1 amide bonds. The number of carbonyl (C=O) groups excluding carboxylic acids is 4. The Balaban J connectivity index is 1.18. The smallest absolute Gasteiger partial charge is 0.326 e. The van der Waals surface area contributed by atoms with Gasteiger partial charge in [-0.15, -0.1) is 0 Å². The fourth-order valence-corrected chi connectivity index (χ4v) is 9.05. The number of carbonyl (C=O) groups is 5. The van der Waals surface area contributed by atoms with Crippen LogP contribution in [0.2, 0.25) is 0 Å². The topological polar surface area (TPSA) is 159 Å². The minimum atomic E-state index is -1.60. The minimum absolute atomic E-state index is 0.00647. The van der Waals surface area contributed by atoms with Gasteiger partial charge >= 0.3 is 11.9 Å². The van der Waals surface area contributed by atoms with Crippen LogP contribution < -0.4 is 0 Å². The molecule has 8 atom stereocenters. The van der Waals surface area contributed by atoms with Crippen LogP contribution in [0.3, 0.4) is 0 Å². The summed E-state index contributed by atoms with van der Waals surface area (Å²) >= 11 is 0. The first-order chi connectivity index (χ1) is 18.8. The predicted molar refractivity (Wildman–Crippen MR) is 141 cm³/mol. The molecule has 3 N–H and O–H groups in total. The molecule has 0 spiro atoms. The summed E-state index contributed by atoms with van der Waals surface area (Å²) in [5.74, 6) is -1.91. The molecule has 3 saturated carbocycles. The standard InChI is InChI=1S/C30H41NO9/c1-28-10-7-18(32)13-17(28)3-4-20-21(28)8-11-29(2)22(20)9-12-30(29,39)24(34)16-40-26(36)6-5-25(35)31-15-19(33)14-23(31)27(37)38/h13,19-23,33,39H,3-12,14-16H2,1-2H3,(H,37,38)/t19-,20+,21-,22-,23+,28-,29-,30-/m0/s1. The molecule has 10 nitrogen and oxygen atoms in total. The van der Waals surface area contributed by atoms with Gasteiger partial charge in [-0.1, -0.05) is 19.4 Å². The van der Waals surface area contributed by atoms with Crippen LogP contribution in [0.5, 0.6) is 0 Å². The predicted octanol–water partition coefficient (Wildman–Crippen LogP) is 2.19. The number of Topliss-reactive ketones (excluding diaryl/α,β-unsaturated/α-hetero) is 1. The van der Waals surface area contributed by atoms with Gasteiger partial charge in [-0.25, -0.2) is 4.79 Å². The molecule has 4 aliphatic carbocycles. The molecule has 10 heteroatoms. The Labute approximate surface area is 234 Å². The van der Waals surface area contributed by atoms with E-state index < -0.39 is 53.4 Å². The van der Waals surface area contributed by atoms with Gasteiger partial charge in [0.15, 0.2) is 12.4 Å². The number of ether oxygens (including phenoxy) is 1. The molecule has 0 aromatic rings. The lowest BCUT2D eigenvalue weighted by Gasteiger charge is -2.58. The quantitative estimate of drug-likeness (QED) is 0.398. The third-order valence-electron chi connectivity index (χ3n) is 11.4. The molecule has 1 saturated heterocycles. The normalized spacial score (nSPS) is 40.5. The van der Waals surface area contributed by atoms with Crippen LogP contribution in [-0.4, -0.2) is 80.5 Å². The first kappa shape index (κ1) is 28.9. The number of rotatable bonds is 7. The summed E-state index contributed by atoms with van der Waals surface area (Å²) in [7, 11) is 0. The molecule has 0 aromatic carbocycles. The Hall–Kier alpha value is -2.59. The van der Waals surface area contributed by atoms with Crippen molar-refractivity contribution in [2.24, 2.45) is 28.6 Å². The Bertz CT molecular complexity index is 1150. The largest absolute Gasteiger partial charge is 0.480 e. The number of β-amino-alcohol motifs (C(OH)–C–C–N with tert-alkyl or cyclic N) is 1. The summed E-state index contributed by atoms with van der Waals surface area (Å²) in [6.45, 7) is 3.61. The fraction of sp³-hybridized carbons (Fsp3) is 0.767. The van der Waals surface area contributed by atoms with Crippen LogP contribution in [-0.2, 0) is 28.7 Å². The molecule has 0 radical (unpaired) electrons. The highest BCUT2D eigenvalue weighted by Crippen LogP contribution is 2.67. The second-order valence-electron chi connectivity index (χ2n) is 13.2. The van der Waals surface area contributed by atoms with Gasteiger partial charge in [0.25, 0.3) is 0 Å². The van der Waals surface area contributed by atoms with E-state index in [9.17, 15) is 39.3 Å². The van der Waals surface area contributed by atoms with Gasteiger partial charge in [0.05, 0.1) is 12.5 Å². The summed E-state index contributed by atoms with van der Waals surface area (Å²) in [6.07, 6.45) is 6.12. The molecule has 4 fully saturated rings. The second kappa shape index (κ2) is 10.4. The highest BCUT2D eigenvalue weighted by molar-refractivity contribution is 5.92. The first-order valence-corrected chi connectivity index (χ1v) is 14.7. The molecule has 5 rings (SSSR count). The van der Waals surface area contributed by atoms with Crippen molar-refractivity contribution in [3.05, 3.63) is 11.6 Å². The molecule has 1 heterocycles. The van der Waals surface area contributed by atoms with Gasteiger partial charge < -0.3 is 25.0 Å². The summed E-state index contributed by atoms with van der Waals surface area (Å²) in [6, 6.07) is -1.13. The Morgan fingerprint density at radius 3 is 2.48 bits per heavy atom. The van der Waals surface area contributed by atoms with Crippen molar-refractivity contribution in [2.75, 3.05) is 13.2 Å². The van der Waals surface area contributed by atoms with Crippen LogP contribution in [0.25, 0.3) is 0 Å². The summed E-state index contributed by atoms with van der Waals surface area (Å²) in [5.41, 5.74) is -0.965. The number of carboxylic acids is 1. The van der Waals surface area contributed by atoms with Crippen LogP contribution in [0.1, 0.15) is 84.5 Å². The number of fused-ring (bicyclic) bond motifs is 5. The minimum Gasteiger partial charge on any atom is -0.480 e. The highest BCUT2D eigenvalue weighted by atomic mass is 16.5. The van der Waals surface area contributed by atoms with E-state index in [4.69, 9.17) is 4.74 Å². The number of aliphatic hydroxyl groups is 2. The number of nitrogens with zero attached hydrogens (tertiary/aromatic N) is 1. The highest BCUT2D eigenvalue weighted by Gasteiger charge is 2.66. The molecule has 0 bridgehead atoms. The molecular weight excluding hydrogens is 518 g/mol. The third-order valence-corrected chi connectivity index (χ3v) is 11.4. The maximum Gasteiger partial charge on any atom is 0.326 e. The molecule has 1 aliphatic heterocycles. The van der Waals surface area contributed by atoms with Crippen LogP contribution in [0.4, 0.5) is 0 Å². The number of ketones is 2. The van der Waals surface area contributed by atoms with Crippen molar-refractivity contribution in [3.63, 3.8) is 0 Å². The Kier molecular flexibility index (Phi) is 7.48. The average molecular weight is 560 g/mol. The molecule has 40 heavy (non-hydrogen) atoms. The summed E-state index contributed by atoms with van der Waals surface area (Å²) in [4.78, 5) is 62.7. The van der Waals surface area contributed by atoms with E-state index in [1.165, 1.54) is 5.57 Å². The van der Waals surface area contributed by atoms with Gasteiger partial charge in [-0.3, -0.25) is 19.2 Å². The van der Waals surface area contributed by atoms with Crippen molar-refractivity contribution in [2.45, 2.75) is 102 Å². The lowest BCUT2D eigenvalue weighted by Crippen LogP contribution is -2.58. The third kappa shape index (κ3) is 4.61. The number of esters is 1. The van der Waals surface area contributed by atoms with Crippen molar-refractivity contribution >= 4 is 29.4 Å². The van der Waals surface area contributed by atoms with Crippen molar-refractivity contribution in [3.8, 4) is 0 Å². The number of hydrogen-bond acceptors (Lipinski definition) is 8. The van der Waals surface area contributed by atoms with Crippen molar-refractivity contribution in [1.29, 1.82) is 0 Å². The van der Waals surface area contributed by atoms with Crippen molar-refractivity contribution < 1.29 is 44.0 Å². The first-order valence-electron chi connectivity index (χ1n) is 14.7. The zero-order chi connectivity index (χ0) is 29.0. The van der Waals surface area contributed by atoms with E-state index in [0.29, 0.717) is 31.1 Å². The van der Waals surface area contributed by atoms with E-state index in [2.05, 4.69) is 6.92 Å². The van der Waals surface area contributed by atoms with E-state index in [0.717, 1.165) is 37.0 Å². The lowest BCUT2D eigenvalue weighted by molar-refractivity contribution is -0.170. The molecule has 0 unspecified atom stereocenters. The summed E-state index contributed by atoms with van der Waals surface area (Å²) in [5, 5.41) is 30.8. The SMILES string of the molecule is C[C@]12CCC(=O)C=C1CC[C@@H]1[C@@H]2CC[C@@]2(C)[C@H]1CC[C@]2(O)C(=O)COC(=O)CCC(=O)N1C[C@@H](O)C[C@@H]1C(=O)O. The van der Waals surface area contributed by atoms with Gasteiger partial charge in [0, 0.05) is 31.2 Å². The lowest BCUT2D eigenvalue weighted by atomic mass is 9.46. The zero-order valence-corrected chi connectivity index (χ0v) is 23.4. The number of aliphatic carboxylic acids is 1. The number of hydrogen-bond donors (Lipinski definition) is 3. The zero-order valence-electron chi connectivity index (χ0n) is 23.4. The van der Waals surface area contributed by atoms with Gasteiger partial charge in [0.2, 0.25) is 11.7 Å². The number of carboxylic acid groups (broad SMARTS) is 1. The van der Waals surface area contributed by atoms with Crippen LogP contribution >= 0.6 is 0 Å². The number of amides is 1. The van der Waals surface area contributed by atoms with E-state index in [1.807, 2.05) is 13.0 Å². The van der Waals surface area contributed by atoms with E-state index in [1.54, 1.807) is 0 Å². The Morgan fingerprint density at radius 1 is 1.02 bits per heavy atom. The van der Waals surface area contributed by atoms with Gasteiger partial charge in [-0.2, -0.15) is 0 Å². The van der Waals surface area contributed by atoms with Crippen LogP contribution in [0.15, 0.2) is 11.6 Å². The van der Waals surface area contributed by atoms with Crippen molar-refractivity contribution in [1.82, 2.24) is 4.90 Å². The number of allylic oxidation sites excluding steroid dienone is 1. The number of aliphatic hydroxyl groups excluding tert-OH is 1. The molecule has 5 aliphatic rings. The van der Waals surface area contributed by atoms with Gasteiger partial charge in [0.1, 0.15) is 11.6 Å². The second-order valence-corrected chi connectivity index (χ2v) is 13.2. The summed E-state index contributed by atoms with van der Waals surface area (Å²) < 4.78 is 5.19. The Morgan fingerprint density at radius 2 is 1.75 bits per heavy atom. The molecule has 220 valence electrons.